The second-order valence-corrected chi connectivity index (χ2v) is 7.95. The molecule has 4 rings (SSSR count). The maximum Gasteiger partial charge on any atom is 0.257 e. The minimum Gasteiger partial charge on any atom is -0.354 e. The summed E-state index contributed by atoms with van der Waals surface area (Å²) >= 11 is 6.31. The molecule has 2 heterocycles. The summed E-state index contributed by atoms with van der Waals surface area (Å²) in [7, 11) is 0. The Bertz CT molecular complexity index is 1100. The zero-order valence-corrected chi connectivity index (χ0v) is 18.5. The Morgan fingerprint density at radius 2 is 1.69 bits per heavy atom. The van der Waals surface area contributed by atoms with E-state index in [4.69, 9.17) is 11.6 Å². The molecule has 0 bridgehead atoms. The zero-order chi connectivity index (χ0) is 22.5. The fraction of sp³-hybridized carbons (Fsp3) is 0.208. The highest BCUT2D eigenvalue weighted by Crippen LogP contribution is 2.28. The summed E-state index contributed by atoms with van der Waals surface area (Å²) in [6, 6.07) is 18.6. The van der Waals surface area contributed by atoms with Gasteiger partial charge in [-0.3, -0.25) is 9.59 Å². The molecular formula is C24H24ClN5O2. The first kappa shape index (κ1) is 21.6. The topological polar surface area (TPSA) is 77.6 Å². The Labute approximate surface area is 192 Å². The van der Waals surface area contributed by atoms with Gasteiger partial charge in [0, 0.05) is 50.7 Å². The average molecular weight is 450 g/mol. The predicted molar refractivity (Wildman–Crippen MR) is 128 cm³/mol. The molecule has 0 unspecified atom stereocenters. The van der Waals surface area contributed by atoms with E-state index in [-0.39, 0.29) is 11.8 Å². The van der Waals surface area contributed by atoms with Crippen molar-refractivity contribution in [2.75, 3.05) is 41.7 Å². The summed E-state index contributed by atoms with van der Waals surface area (Å²) in [5.41, 5.74) is 2.70. The minimum absolute atomic E-state index is 0.0916. The molecule has 0 radical (unpaired) electrons. The van der Waals surface area contributed by atoms with Gasteiger partial charge in [0.25, 0.3) is 5.91 Å². The maximum absolute atomic E-state index is 12.7. The van der Waals surface area contributed by atoms with Crippen LogP contribution in [0.25, 0.3) is 0 Å². The van der Waals surface area contributed by atoms with Crippen LogP contribution in [0.3, 0.4) is 0 Å². The van der Waals surface area contributed by atoms with Gasteiger partial charge in [0.05, 0.1) is 16.3 Å². The van der Waals surface area contributed by atoms with Crippen molar-refractivity contribution < 1.29 is 9.59 Å². The van der Waals surface area contributed by atoms with E-state index < -0.39 is 0 Å². The van der Waals surface area contributed by atoms with Crippen molar-refractivity contribution in [1.82, 2.24) is 9.88 Å². The van der Waals surface area contributed by atoms with Crippen LogP contribution in [0, 0.1) is 0 Å². The lowest BCUT2D eigenvalue weighted by Gasteiger charge is -2.34. The minimum atomic E-state index is -0.251. The molecule has 8 heteroatoms. The number of rotatable bonds is 5. The summed E-state index contributed by atoms with van der Waals surface area (Å²) in [6.07, 6.45) is 1.57. The van der Waals surface area contributed by atoms with Crippen LogP contribution in [0.1, 0.15) is 17.3 Å². The normalized spacial score (nSPS) is 13.6. The second-order valence-electron chi connectivity index (χ2n) is 7.54. The molecule has 164 valence electrons. The molecule has 7 nitrogen and oxygen atoms in total. The molecule has 2 N–H and O–H groups in total. The number of hydrogen-bond acceptors (Lipinski definition) is 5. The van der Waals surface area contributed by atoms with Gasteiger partial charge in [0.1, 0.15) is 5.82 Å². The molecule has 32 heavy (non-hydrogen) atoms. The van der Waals surface area contributed by atoms with E-state index in [2.05, 4.69) is 20.5 Å². The van der Waals surface area contributed by atoms with Crippen LogP contribution in [0.15, 0.2) is 66.9 Å². The first-order chi connectivity index (χ1) is 15.5. The van der Waals surface area contributed by atoms with Gasteiger partial charge in [-0.15, -0.1) is 0 Å². The Morgan fingerprint density at radius 3 is 2.34 bits per heavy atom. The summed E-state index contributed by atoms with van der Waals surface area (Å²) in [4.78, 5) is 32.6. The van der Waals surface area contributed by atoms with Gasteiger partial charge in [-0.05, 0) is 42.5 Å². The summed E-state index contributed by atoms with van der Waals surface area (Å²) in [6.45, 7) is 4.38. The number of carbonyl (C=O) groups excluding carboxylic acids is 2. The molecule has 2 amide bonds. The molecule has 3 aromatic rings. The Balaban J connectivity index is 1.40. The van der Waals surface area contributed by atoms with Gasteiger partial charge < -0.3 is 20.4 Å². The number of nitrogens with one attached hydrogen (secondary N) is 2. The summed E-state index contributed by atoms with van der Waals surface area (Å²) in [5, 5.41) is 6.71. The van der Waals surface area contributed by atoms with Crippen molar-refractivity contribution in [2.45, 2.75) is 6.92 Å². The van der Waals surface area contributed by atoms with Gasteiger partial charge in [0.2, 0.25) is 5.91 Å². The number of piperazine rings is 1. The van der Waals surface area contributed by atoms with E-state index in [1.54, 1.807) is 37.4 Å². The van der Waals surface area contributed by atoms with Crippen molar-refractivity contribution in [3.63, 3.8) is 0 Å². The van der Waals surface area contributed by atoms with Gasteiger partial charge >= 0.3 is 0 Å². The third-order valence-corrected chi connectivity index (χ3v) is 5.67. The number of hydrogen-bond donors (Lipinski definition) is 2. The lowest BCUT2D eigenvalue weighted by Crippen LogP contribution is -2.48. The van der Waals surface area contributed by atoms with Gasteiger partial charge in [-0.1, -0.05) is 29.8 Å². The number of aromatic nitrogens is 1. The third kappa shape index (κ3) is 5.18. The van der Waals surface area contributed by atoms with Crippen molar-refractivity contribution in [2.24, 2.45) is 0 Å². The van der Waals surface area contributed by atoms with E-state index in [9.17, 15) is 9.59 Å². The van der Waals surface area contributed by atoms with E-state index in [0.29, 0.717) is 35.1 Å². The van der Waals surface area contributed by atoms with E-state index in [1.165, 1.54) is 0 Å². The Morgan fingerprint density at radius 1 is 0.938 bits per heavy atom. The Hall–Kier alpha value is -3.58. The molecule has 1 aliphatic heterocycles. The fourth-order valence-corrected chi connectivity index (χ4v) is 3.70. The molecule has 0 atom stereocenters. The highest BCUT2D eigenvalue weighted by molar-refractivity contribution is 6.33. The van der Waals surface area contributed by atoms with E-state index in [0.717, 1.165) is 24.6 Å². The number of anilines is 4. The second kappa shape index (κ2) is 9.70. The number of benzene rings is 2. The van der Waals surface area contributed by atoms with Crippen LogP contribution >= 0.6 is 11.6 Å². The van der Waals surface area contributed by atoms with Crippen LogP contribution in [0.5, 0.6) is 0 Å². The van der Waals surface area contributed by atoms with E-state index >= 15 is 0 Å². The number of carbonyl (C=O) groups is 2. The van der Waals surface area contributed by atoms with E-state index in [1.807, 2.05) is 41.3 Å². The summed E-state index contributed by atoms with van der Waals surface area (Å²) < 4.78 is 0. The van der Waals surface area contributed by atoms with Crippen molar-refractivity contribution in [3.05, 3.63) is 77.4 Å². The zero-order valence-electron chi connectivity index (χ0n) is 17.7. The average Bonchev–Trinajstić information content (AvgIpc) is 2.82. The monoisotopic (exact) mass is 449 g/mol. The largest absolute Gasteiger partial charge is 0.354 e. The molecular weight excluding hydrogens is 426 g/mol. The predicted octanol–water partition coefficient (Wildman–Crippen LogP) is 4.40. The lowest BCUT2D eigenvalue weighted by atomic mass is 10.2. The number of pyridine rings is 1. The van der Waals surface area contributed by atoms with Gasteiger partial charge in [-0.2, -0.15) is 0 Å². The number of amides is 2. The molecule has 0 spiro atoms. The SMILES string of the molecule is CC(=O)N1CCN(c2ccc(C(=O)Nc3ccc(Cl)c(Nc4ccccc4)c3)cn2)CC1. The van der Waals surface area contributed by atoms with Crippen LogP contribution in [-0.2, 0) is 4.79 Å². The molecule has 0 saturated carbocycles. The van der Waals surface area contributed by atoms with Crippen LogP contribution in [0.2, 0.25) is 5.02 Å². The summed E-state index contributed by atoms with van der Waals surface area (Å²) in [5.74, 6) is 0.637. The smallest absolute Gasteiger partial charge is 0.257 e. The number of para-hydroxylation sites is 1. The fourth-order valence-electron chi connectivity index (χ4n) is 3.54. The molecule has 2 aromatic carbocycles. The van der Waals surface area contributed by atoms with Crippen molar-refractivity contribution in [3.8, 4) is 0 Å². The molecule has 1 aromatic heterocycles. The van der Waals surface area contributed by atoms with Crippen LogP contribution in [0.4, 0.5) is 22.9 Å². The standard InChI is InChI=1S/C24H24ClN5O2/c1-17(31)29-11-13-30(14-12-29)23-10-7-18(16-26-23)24(32)28-20-8-9-21(25)22(15-20)27-19-5-3-2-4-6-19/h2-10,15-16,27H,11-14H2,1H3,(H,28,32). The quantitative estimate of drug-likeness (QED) is 0.603. The maximum atomic E-state index is 12.7. The molecule has 1 saturated heterocycles. The van der Waals surface area contributed by atoms with Crippen molar-refractivity contribution >= 4 is 46.3 Å². The van der Waals surface area contributed by atoms with Crippen LogP contribution < -0.4 is 15.5 Å². The first-order valence-corrected chi connectivity index (χ1v) is 10.8. The van der Waals surface area contributed by atoms with Gasteiger partial charge in [0.15, 0.2) is 0 Å². The lowest BCUT2D eigenvalue weighted by molar-refractivity contribution is -0.129. The molecule has 0 aliphatic carbocycles. The number of halogens is 1. The van der Waals surface area contributed by atoms with Crippen LogP contribution in [-0.4, -0.2) is 47.9 Å². The molecule has 1 aliphatic rings. The third-order valence-electron chi connectivity index (χ3n) is 5.34. The number of nitrogens with zero attached hydrogens (tertiary/aromatic N) is 3. The molecule has 1 fully saturated rings. The van der Waals surface area contributed by atoms with Crippen molar-refractivity contribution in [1.29, 1.82) is 0 Å². The highest BCUT2D eigenvalue weighted by Gasteiger charge is 2.19. The van der Waals surface area contributed by atoms with Gasteiger partial charge in [-0.25, -0.2) is 4.98 Å². The first-order valence-electron chi connectivity index (χ1n) is 10.4. The Kier molecular flexibility index (Phi) is 6.56. The highest BCUT2D eigenvalue weighted by atomic mass is 35.5.